The number of ether oxygens (including phenoxy) is 7. The Balaban J connectivity index is 1.31. The molecule has 1 saturated heterocycles. The second kappa shape index (κ2) is 14.7. The van der Waals surface area contributed by atoms with Crippen LogP contribution < -0.4 is 40.6 Å². The van der Waals surface area contributed by atoms with Gasteiger partial charge in [0.05, 0.1) is 32.0 Å². The Morgan fingerprint density at radius 2 is 1.70 bits per heavy atom. The smallest absolute Gasteiger partial charge is 0.317 e. The molecule has 3 aliphatic heterocycles. The molecule has 2 fully saturated rings. The second-order valence-electron chi connectivity index (χ2n) is 13.8. The molecule has 1 spiro atoms. The maximum Gasteiger partial charge on any atom is 0.317 e. The fourth-order valence-electron chi connectivity index (χ4n) is 8.16. The number of aliphatic hydroxyl groups is 3. The van der Waals surface area contributed by atoms with Crippen molar-refractivity contribution in [3.63, 3.8) is 0 Å². The molecule has 0 bridgehead atoms. The highest BCUT2D eigenvalue weighted by molar-refractivity contribution is 5.90. The molecule has 0 radical (unpaired) electrons. The number of benzene rings is 3. The van der Waals surface area contributed by atoms with Crippen LogP contribution in [-0.4, -0.2) is 100 Å². The quantitative estimate of drug-likeness (QED) is 0.0602. The Morgan fingerprint density at radius 3 is 2.33 bits per heavy atom. The summed E-state index contributed by atoms with van der Waals surface area (Å²) in [6, 6.07) is 14.0. The van der Waals surface area contributed by atoms with Crippen molar-refractivity contribution in [2.75, 3.05) is 19.7 Å². The van der Waals surface area contributed by atoms with Gasteiger partial charge in [-0.25, -0.2) is 0 Å². The van der Waals surface area contributed by atoms with Crippen LogP contribution in [0.1, 0.15) is 55.3 Å². The average molecular weight is 754 g/mol. The third-order valence-corrected chi connectivity index (χ3v) is 10.6. The molecule has 1 saturated carbocycles. The summed E-state index contributed by atoms with van der Waals surface area (Å²) in [5.74, 6) is -0.843. The van der Waals surface area contributed by atoms with Crippen LogP contribution in [-0.2, 0) is 19.1 Å². The van der Waals surface area contributed by atoms with Gasteiger partial charge < -0.3 is 65.1 Å². The molecule has 8 atom stereocenters. The van der Waals surface area contributed by atoms with E-state index in [1.165, 1.54) is 0 Å². The topological polar surface area (TPSA) is 264 Å². The molecule has 8 unspecified atom stereocenters. The molecule has 3 aromatic rings. The van der Waals surface area contributed by atoms with Crippen molar-refractivity contribution in [1.82, 2.24) is 0 Å². The zero-order valence-corrected chi connectivity index (χ0v) is 29.4. The van der Waals surface area contributed by atoms with E-state index in [1.807, 2.05) is 12.1 Å². The van der Waals surface area contributed by atoms with Gasteiger partial charge in [-0.15, -0.1) is 0 Å². The number of carbonyl (C=O) groups is 2. The molecule has 17 nitrogen and oxygen atoms in total. The number of aliphatic hydroxyl groups excluding tert-OH is 3. The van der Waals surface area contributed by atoms with Crippen LogP contribution in [0.25, 0.3) is 11.1 Å². The van der Waals surface area contributed by atoms with Gasteiger partial charge in [0.2, 0.25) is 12.0 Å². The lowest BCUT2D eigenvalue weighted by molar-refractivity contribution is -0.291. The average Bonchev–Trinajstić information content (AvgIpc) is 3.78. The lowest BCUT2D eigenvalue weighted by atomic mass is 9.73. The number of nitrogens with one attached hydrogen (secondary N) is 1. The lowest BCUT2D eigenvalue weighted by Gasteiger charge is -2.45. The van der Waals surface area contributed by atoms with E-state index in [0.29, 0.717) is 45.4 Å². The first-order valence-corrected chi connectivity index (χ1v) is 17.5. The summed E-state index contributed by atoms with van der Waals surface area (Å²) in [7, 11) is 3.11. The SMILES string of the molecule is COc1ccc2c(c1OC)OC1c3c(cc(OC4OC(C(OC(=O)CC(=O)O)C(N)N)C(O)C(O)C4O)cc3-c3ccc(NO)cc3)OC3(CCCC3)C21. The van der Waals surface area contributed by atoms with Crippen molar-refractivity contribution in [3.8, 4) is 39.9 Å². The van der Waals surface area contributed by atoms with E-state index in [0.717, 1.165) is 31.2 Å². The number of carbonyl (C=O) groups excluding carboxylic acids is 1. The van der Waals surface area contributed by atoms with Crippen molar-refractivity contribution in [3.05, 3.63) is 59.7 Å². The molecule has 1 aliphatic carbocycles. The first kappa shape index (κ1) is 37.4. The number of methoxy groups -OCH3 is 2. The zero-order chi connectivity index (χ0) is 38.5. The number of nitrogens with two attached hydrogens (primary N) is 2. The number of rotatable bonds is 11. The van der Waals surface area contributed by atoms with Gasteiger partial charge in [-0.2, -0.15) is 0 Å². The van der Waals surface area contributed by atoms with Crippen molar-refractivity contribution in [2.45, 2.75) is 92.7 Å². The molecular weight excluding hydrogens is 710 g/mol. The van der Waals surface area contributed by atoms with E-state index in [4.69, 9.17) is 49.7 Å². The van der Waals surface area contributed by atoms with E-state index in [2.05, 4.69) is 5.48 Å². The highest BCUT2D eigenvalue weighted by Crippen LogP contribution is 2.65. The molecule has 17 heteroatoms. The summed E-state index contributed by atoms with van der Waals surface area (Å²) in [6.45, 7) is 0. The number of esters is 1. The van der Waals surface area contributed by atoms with Crippen LogP contribution in [0.5, 0.6) is 28.7 Å². The summed E-state index contributed by atoms with van der Waals surface area (Å²) in [4.78, 5) is 23.4. The monoisotopic (exact) mass is 753 g/mol. The maximum absolute atomic E-state index is 12.3. The van der Waals surface area contributed by atoms with Crippen LogP contribution in [0.2, 0.25) is 0 Å². The van der Waals surface area contributed by atoms with Crippen molar-refractivity contribution < 1.29 is 68.4 Å². The first-order valence-electron chi connectivity index (χ1n) is 17.5. The molecule has 3 heterocycles. The number of aliphatic carboxylic acids is 1. The fraction of sp³-hybridized carbons (Fsp3) is 0.459. The van der Waals surface area contributed by atoms with Crippen LogP contribution in [0, 0.1) is 0 Å². The van der Waals surface area contributed by atoms with Crippen LogP contribution >= 0.6 is 0 Å². The van der Waals surface area contributed by atoms with Gasteiger partial charge in [-0.05, 0) is 61.1 Å². The summed E-state index contributed by atoms with van der Waals surface area (Å²) >= 11 is 0. The number of carboxylic acid groups (broad SMARTS) is 1. The number of hydrogen-bond donors (Lipinski definition) is 8. The van der Waals surface area contributed by atoms with E-state index < -0.39 is 73.0 Å². The van der Waals surface area contributed by atoms with Crippen LogP contribution in [0.3, 0.4) is 0 Å². The van der Waals surface area contributed by atoms with Gasteiger partial charge in [0.15, 0.2) is 17.6 Å². The molecule has 0 amide bonds. The minimum Gasteiger partial charge on any atom is -0.493 e. The van der Waals surface area contributed by atoms with Gasteiger partial charge in [-0.1, -0.05) is 18.2 Å². The maximum atomic E-state index is 12.3. The molecule has 290 valence electrons. The zero-order valence-electron chi connectivity index (χ0n) is 29.4. The van der Waals surface area contributed by atoms with E-state index in [1.54, 1.807) is 50.6 Å². The highest BCUT2D eigenvalue weighted by Gasteiger charge is 2.58. The molecule has 10 N–H and O–H groups in total. The van der Waals surface area contributed by atoms with E-state index in [9.17, 15) is 30.1 Å². The molecule has 4 aliphatic rings. The summed E-state index contributed by atoms with van der Waals surface area (Å²) in [5.41, 5.74) is 16.5. The van der Waals surface area contributed by atoms with Gasteiger partial charge >= 0.3 is 11.9 Å². The molecule has 54 heavy (non-hydrogen) atoms. The highest BCUT2D eigenvalue weighted by atomic mass is 16.7. The minimum absolute atomic E-state index is 0.123. The van der Waals surface area contributed by atoms with E-state index >= 15 is 0 Å². The van der Waals surface area contributed by atoms with Gasteiger partial charge in [0.1, 0.15) is 54.0 Å². The standard InChI is InChI=1S/C37H43N3O14/c1-48-21-10-9-19-26-32(52-30(19)31(21)49-2)25-20(16-5-7-17(40-47)8-6-16)13-18(14-22(25)54-37(26)11-3-4-12-37)50-36-29(46)27(44)28(45)33(53-36)34(35(38)39)51-24(43)15-23(41)42/h5-10,13-14,26-29,32-36,40,44-47H,3-4,11-12,15,38-39H2,1-2H3,(H,41,42). The summed E-state index contributed by atoms with van der Waals surface area (Å²) in [5, 5.41) is 51.4. The Labute approximate surface area is 309 Å². The fourth-order valence-corrected chi connectivity index (χ4v) is 8.16. The molecule has 0 aromatic heterocycles. The van der Waals surface area contributed by atoms with Crippen molar-refractivity contribution in [1.29, 1.82) is 0 Å². The number of carboxylic acids is 1. The van der Waals surface area contributed by atoms with Gasteiger partial charge in [0, 0.05) is 17.2 Å². The largest absolute Gasteiger partial charge is 0.493 e. The lowest BCUT2D eigenvalue weighted by Crippen LogP contribution is -2.66. The molecule has 7 rings (SSSR count). The normalized spacial score (nSPS) is 26.8. The summed E-state index contributed by atoms with van der Waals surface area (Å²) in [6.07, 6.45) is -10.3. The molecule has 3 aromatic carbocycles. The Hall–Kier alpha value is -4.88. The van der Waals surface area contributed by atoms with Gasteiger partial charge in [0.25, 0.3) is 0 Å². The predicted molar refractivity (Wildman–Crippen MR) is 186 cm³/mol. The Morgan fingerprint density at radius 1 is 0.981 bits per heavy atom. The van der Waals surface area contributed by atoms with Crippen LogP contribution in [0.15, 0.2) is 48.5 Å². The number of hydrogen-bond acceptors (Lipinski definition) is 16. The number of anilines is 1. The minimum atomic E-state index is -1.89. The first-order chi connectivity index (χ1) is 25.9. The van der Waals surface area contributed by atoms with Gasteiger partial charge in [-0.3, -0.25) is 20.3 Å². The third kappa shape index (κ3) is 6.51. The van der Waals surface area contributed by atoms with Crippen molar-refractivity contribution in [2.24, 2.45) is 11.5 Å². The van der Waals surface area contributed by atoms with Crippen LogP contribution in [0.4, 0.5) is 5.69 Å². The summed E-state index contributed by atoms with van der Waals surface area (Å²) < 4.78 is 42.5. The number of fused-ring (bicyclic) bond motifs is 6. The Kier molecular flexibility index (Phi) is 10.2. The molecular formula is C37H43N3O14. The Bertz CT molecular complexity index is 1880. The van der Waals surface area contributed by atoms with Crippen molar-refractivity contribution >= 4 is 17.6 Å². The van der Waals surface area contributed by atoms with E-state index in [-0.39, 0.29) is 11.7 Å². The second-order valence-corrected chi connectivity index (χ2v) is 13.8. The third-order valence-electron chi connectivity index (χ3n) is 10.6. The predicted octanol–water partition coefficient (Wildman–Crippen LogP) is 1.91.